The van der Waals surface area contributed by atoms with Crippen LogP contribution in [0.15, 0.2) is 48.5 Å². The molecule has 2 aromatic carbocycles. The van der Waals surface area contributed by atoms with Crippen molar-refractivity contribution in [3.8, 4) is 0 Å². The summed E-state index contributed by atoms with van der Waals surface area (Å²) < 4.78 is 26.1. The van der Waals surface area contributed by atoms with Crippen LogP contribution in [0.25, 0.3) is 0 Å². The molecule has 0 radical (unpaired) electrons. The van der Waals surface area contributed by atoms with E-state index in [1.54, 1.807) is 31.2 Å². The Kier molecular flexibility index (Phi) is 5.85. The van der Waals surface area contributed by atoms with Gasteiger partial charge in [-0.15, -0.1) is 0 Å². The summed E-state index contributed by atoms with van der Waals surface area (Å²) in [4.78, 5) is 12.7. The lowest BCUT2D eigenvalue weighted by atomic mass is 10.1. The summed E-state index contributed by atoms with van der Waals surface area (Å²) in [7, 11) is -3.62. The lowest BCUT2D eigenvalue weighted by Gasteiger charge is -2.30. The molecule has 1 amide bonds. The molecule has 0 fully saturated rings. The molecular weight excluding hydrogens is 336 g/mol. The molecule has 0 saturated carbocycles. The number of nitrogens with zero attached hydrogens (tertiary/aromatic N) is 1. The van der Waals surface area contributed by atoms with Crippen molar-refractivity contribution >= 4 is 27.3 Å². The Bertz CT molecular complexity index is 848. The third-order valence-electron chi connectivity index (χ3n) is 4.12. The van der Waals surface area contributed by atoms with Gasteiger partial charge in [0.2, 0.25) is 15.9 Å². The first kappa shape index (κ1) is 19.0. The standard InChI is InChI=1S/C19H24N2O3S/c1-5-18(19(22)20-16-9-7-6-8-10-16)21(25(4,23)24)17-12-11-14(2)15(3)13-17/h6-13,18H,5H2,1-4H3,(H,20,22)/t18-/m0/s1. The van der Waals surface area contributed by atoms with Crippen LogP contribution in [-0.4, -0.2) is 26.6 Å². The Balaban J connectivity index is 2.40. The Morgan fingerprint density at radius 3 is 2.24 bits per heavy atom. The number of carbonyl (C=O) groups is 1. The van der Waals surface area contributed by atoms with Crippen molar-refractivity contribution in [2.75, 3.05) is 15.9 Å². The highest BCUT2D eigenvalue weighted by Crippen LogP contribution is 2.25. The number of carbonyl (C=O) groups excluding carboxylic acids is 1. The molecule has 0 heterocycles. The third kappa shape index (κ3) is 4.60. The van der Waals surface area contributed by atoms with E-state index >= 15 is 0 Å². The second-order valence-corrected chi connectivity index (χ2v) is 7.97. The van der Waals surface area contributed by atoms with Gasteiger partial charge < -0.3 is 5.32 Å². The van der Waals surface area contributed by atoms with Gasteiger partial charge in [-0.05, 0) is 55.7 Å². The van der Waals surface area contributed by atoms with E-state index < -0.39 is 16.1 Å². The Labute approximate surface area is 149 Å². The van der Waals surface area contributed by atoms with Crippen LogP contribution in [0.1, 0.15) is 24.5 Å². The van der Waals surface area contributed by atoms with E-state index in [4.69, 9.17) is 0 Å². The fourth-order valence-corrected chi connectivity index (χ4v) is 3.87. The first-order valence-electron chi connectivity index (χ1n) is 8.16. The summed E-state index contributed by atoms with van der Waals surface area (Å²) in [5, 5.41) is 2.80. The quantitative estimate of drug-likeness (QED) is 0.857. The van der Waals surface area contributed by atoms with Gasteiger partial charge in [-0.2, -0.15) is 0 Å². The Hall–Kier alpha value is -2.34. The summed E-state index contributed by atoms with van der Waals surface area (Å²) in [6, 6.07) is 13.6. The number of para-hydroxylation sites is 1. The van der Waals surface area contributed by atoms with Gasteiger partial charge >= 0.3 is 0 Å². The van der Waals surface area contributed by atoms with E-state index in [0.29, 0.717) is 17.8 Å². The lowest BCUT2D eigenvalue weighted by Crippen LogP contribution is -2.47. The highest BCUT2D eigenvalue weighted by atomic mass is 32.2. The number of sulfonamides is 1. The minimum atomic E-state index is -3.62. The molecule has 25 heavy (non-hydrogen) atoms. The van der Waals surface area contributed by atoms with E-state index in [9.17, 15) is 13.2 Å². The van der Waals surface area contributed by atoms with Crippen LogP contribution in [0.3, 0.4) is 0 Å². The average molecular weight is 360 g/mol. The summed E-state index contributed by atoms with van der Waals surface area (Å²) in [5.74, 6) is -0.350. The molecule has 134 valence electrons. The van der Waals surface area contributed by atoms with Crippen molar-refractivity contribution in [2.24, 2.45) is 0 Å². The molecule has 0 aromatic heterocycles. The van der Waals surface area contributed by atoms with Gasteiger partial charge in [0, 0.05) is 5.69 Å². The lowest BCUT2D eigenvalue weighted by molar-refractivity contribution is -0.117. The molecule has 0 bridgehead atoms. The molecule has 2 aromatic rings. The maximum Gasteiger partial charge on any atom is 0.248 e. The molecule has 1 N–H and O–H groups in total. The number of amides is 1. The summed E-state index contributed by atoms with van der Waals surface area (Å²) in [6.45, 7) is 5.68. The molecule has 2 rings (SSSR count). The van der Waals surface area contributed by atoms with Crippen LogP contribution in [0, 0.1) is 13.8 Å². The van der Waals surface area contributed by atoms with Gasteiger partial charge in [0.15, 0.2) is 0 Å². The first-order chi connectivity index (χ1) is 11.7. The smallest absolute Gasteiger partial charge is 0.248 e. The van der Waals surface area contributed by atoms with Crippen molar-refractivity contribution in [2.45, 2.75) is 33.2 Å². The summed E-state index contributed by atoms with van der Waals surface area (Å²) in [5.41, 5.74) is 3.18. The van der Waals surface area contributed by atoms with Gasteiger partial charge in [-0.1, -0.05) is 31.2 Å². The maximum absolute atomic E-state index is 12.7. The number of benzene rings is 2. The molecule has 0 saturated heterocycles. The fourth-order valence-electron chi connectivity index (χ4n) is 2.67. The zero-order chi connectivity index (χ0) is 18.6. The number of hydrogen-bond donors (Lipinski definition) is 1. The molecule has 6 heteroatoms. The predicted molar refractivity (Wildman–Crippen MR) is 102 cm³/mol. The van der Waals surface area contributed by atoms with Crippen LogP contribution in [0.4, 0.5) is 11.4 Å². The van der Waals surface area contributed by atoms with E-state index in [1.165, 1.54) is 4.31 Å². The van der Waals surface area contributed by atoms with Crippen LogP contribution >= 0.6 is 0 Å². The van der Waals surface area contributed by atoms with Gasteiger partial charge in [-0.3, -0.25) is 9.10 Å². The minimum absolute atomic E-state index is 0.350. The van der Waals surface area contributed by atoms with Crippen LogP contribution in [-0.2, 0) is 14.8 Å². The predicted octanol–water partition coefficient (Wildman–Crippen LogP) is 3.49. The number of rotatable bonds is 6. The van der Waals surface area contributed by atoms with Crippen LogP contribution in [0.2, 0.25) is 0 Å². The maximum atomic E-state index is 12.7. The van der Waals surface area contributed by atoms with Crippen molar-refractivity contribution < 1.29 is 13.2 Å². The van der Waals surface area contributed by atoms with E-state index in [2.05, 4.69) is 5.32 Å². The van der Waals surface area contributed by atoms with Gasteiger partial charge in [0.1, 0.15) is 6.04 Å². The van der Waals surface area contributed by atoms with Gasteiger partial charge in [0.05, 0.1) is 11.9 Å². The zero-order valence-electron chi connectivity index (χ0n) is 15.0. The molecule has 1 atom stereocenters. The van der Waals surface area contributed by atoms with Crippen molar-refractivity contribution in [3.05, 3.63) is 59.7 Å². The highest BCUT2D eigenvalue weighted by Gasteiger charge is 2.31. The molecule has 0 aliphatic heterocycles. The topological polar surface area (TPSA) is 66.5 Å². The number of aryl methyl sites for hydroxylation is 2. The molecule has 5 nitrogen and oxygen atoms in total. The number of hydrogen-bond acceptors (Lipinski definition) is 3. The zero-order valence-corrected chi connectivity index (χ0v) is 15.8. The number of anilines is 2. The highest BCUT2D eigenvalue weighted by molar-refractivity contribution is 7.92. The molecular formula is C19H24N2O3S. The normalized spacial score (nSPS) is 12.5. The van der Waals surface area contributed by atoms with Crippen molar-refractivity contribution in [3.63, 3.8) is 0 Å². The Morgan fingerprint density at radius 1 is 1.08 bits per heavy atom. The van der Waals surface area contributed by atoms with Gasteiger partial charge in [0.25, 0.3) is 0 Å². The monoisotopic (exact) mass is 360 g/mol. The molecule has 0 spiro atoms. The Morgan fingerprint density at radius 2 is 1.72 bits per heavy atom. The third-order valence-corrected chi connectivity index (χ3v) is 5.30. The SMILES string of the molecule is CC[C@@H](C(=O)Nc1ccccc1)N(c1ccc(C)c(C)c1)S(C)(=O)=O. The second kappa shape index (κ2) is 7.70. The summed E-state index contributed by atoms with van der Waals surface area (Å²) >= 11 is 0. The van der Waals surface area contributed by atoms with Crippen LogP contribution in [0.5, 0.6) is 0 Å². The fraction of sp³-hybridized carbons (Fsp3) is 0.316. The minimum Gasteiger partial charge on any atom is -0.324 e. The second-order valence-electron chi connectivity index (χ2n) is 6.11. The molecule has 0 aliphatic rings. The molecule has 0 aliphatic carbocycles. The average Bonchev–Trinajstić information content (AvgIpc) is 2.55. The van der Waals surface area contributed by atoms with Crippen molar-refractivity contribution in [1.29, 1.82) is 0 Å². The van der Waals surface area contributed by atoms with E-state index in [1.807, 2.05) is 38.1 Å². The van der Waals surface area contributed by atoms with Crippen molar-refractivity contribution in [1.82, 2.24) is 0 Å². The molecule has 0 unspecified atom stereocenters. The van der Waals surface area contributed by atoms with Crippen LogP contribution < -0.4 is 9.62 Å². The van der Waals surface area contributed by atoms with E-state index in [0.717, 1.165) is 17.4 Å². The first-order valence-corrected chi connectivity index (χ1v) is 10.0. The van der Waals surface area contributed by atoms with Gasteiger partial charge in [-0.25, -0.2) is 8.42 Å². The van der Waals surface area contributed by atoms with E-state index in [-0.39, 0.29) is 5.91 Å². The number of nitrogens with one attached hydrogen (secondary N) is 1. The largest absolute Gasteiger partial charge is 0.324 e. The summed E-state index contributed by atoms with van der Waals surface area (Å²) in [6.07, 6.45) is 1.49.